The van der Waals surface area contributed by atoms with E-state index in [2.05, 4.69) is 39.0 Å². The van der Waals surface area contributed by atoms with Gasteiger partial charge in [0.2, 0.25) is 5.91 Å². The Hall–Kier alpha value is -0.910. The Morgan fingerprint density at radius 1 is 1.37 bits per heavy atom. The van der Waals surface area contributed by atoms with Gasteiger partial charge in [-0.25, -0.2) is 0 Å². The molecule has 0 aromatic carbocycles. The van der Waals surface area contributed by atoms with Crippen molar-refractivity contribution in [3.05, 3.63) is 22.4 Å². The SMILES string of the molecule is CN1CCNC(=O)C12CCN(Cc1ccsc1)CC2. The summed E-state index contributed by atoms with van der Waals surface area (Å²) in [6.45, 7) is 4.79. The number of hydrogen-bond acceptors (Lipinski definition) is 4. The third-order valence-electron chi connectivity index (χ3n) is 4.56. The number of carbonyl (C=O) groups excluding carboxylic acids is 1. The van der Waals surface area contributed by atoms with Crippen LogP contribution in [0.5, 0.6) is 0 Å². The summed E-state index contributed by atoms with van der Waals surface area (Å²) < 4.78 is 0. The van der Waals surface area contributed by atoms with Crippen LogP contribution in [-0.2, 0) is 11.3 Å². The topological polar surface area (TPSA) is 35.6 Å². The highest BCUT2D eigenvalue weighted by atomic mass is 32.1. The minimum absolute atomic E-state index is 0.233. The summed E-state index contributed by atoms with van der Waals surface area (Å²) in [4.78, 5) is 17.0. The number of amides is 1. The maximum absolute atomic E-state index is 12.2. The van der Waals surface area contributed by atoms with Crippen LogP contribution >= 0.6 is 11.3 Å². The lowest BCUT2D eigenvalue weighted by Gasteiger charge is -2.48. The van der Waals surface area contributed by atoms with Gasteiger partial charge < -0.3 is 5.32 Å². The van der Waals surface area contributed by atoms with Crippen LogP contribution in [0.4, 0.5) is 0 Å². The Kier molecular flexibility index (Phi) is 3.60. The Labute approximate surface area is 118 Å². The highest BCUT2D eigenvalue weighted by Crippen LogP contribution is 2.30. The first-order valence-corrected chi connectivity index (χ1v) is 7.88. The second-order valence-electron chi connectivity index (χ2n) is 5.62. The molecule has 5 heteroatoms. The van der Waals surface area contributed by atoms with E-state index < -0.39 is 0 Å². The number of nitrogens with one attached hydrogen (secondary N) is 1. The Balaban J connectivity index is 1.63. The maximum atomic E-state index is 12.2. The molecule has 3 rings (SSSR count). The predicted molar refractivity (Wildman–Crippen MR) is 77.2 cm³/mol. The Morgan fingerprint density at radius 3 is 2.79 bits per heavy atom. The maximum Gasteiger partial charge on any atom is 0.240 e. The van der Waals surface area contributed by atoms with Crippen molar-refractivity contribution in [3.63, 3.8) is 0 Å². The molecule has 0 aliphatic carbocycles. The third kappa shape index (κ3) is 2.42. The van der Waals surface area contributed by atoms with E-state index in [0.717, 1.165) is 45.6 Å². The molecule has 0 atom stereocenters. The second-order valence-corrected chi connectivity index (χ2v) is 6.40. The van der Waals surface area contributed by atoms with Gasteiger partial charge >= 0.3 is 0 Å². The van der Waals surface area contributed by atoms with Crippen molar-refractivity contribution in [3.8, 4) is 0 Å². The van der Waals surface area contributed by atoms with Crippen molar-refractivity contribution in [1.29, 1.82) is 0 Å². The average molecular weight is 279 g/mol. The van der Waals surface area contributed by atoms with Gasteiger partial charge in [-0.1, -0.05) is 0 Å². The van der Waals surface area contributed by atoms with Crippen LogP contribution in [0.3, 0.4) is 0 Å². The summed E-state index contributed by atoms with van der Waals surface area (Å²) in [5.74, 6) is 0.233. The molecule has 1 spiro atoms. The Bertz CT molecular complexity index is 438. The van der Waals surface area contributed by atoms with Crippen LogP contribution < -0.4 is 5.32 Å². The molecule has 19 heavy (non-hydrogen) atoms. The molecule has 1 amide bonds. The first-order valence-electron chi connectivity index (χ1n) is 6.94. The number of piperazine rings is 1. The summed E-state index contributed by atoms with van der Waals surface area (Å²) in [5, 5.41) is 7.38. The van der Waals surface area contributed by atoms with Crippen LogP contribution in [0.15, 0.2) is 16.8 Å². The van der Waals surface area contributed by atoms with E-state index in [1.165, 1.54) is 5.56 Å². The monoisotopic (exact) mass is 279 g/mol. The minimum atomic E-state index is -0.247. The van der Waals surface area contributed by atoms with Crippen molar-refractivity contribution in [1.82, 2.24) is 15.1 Å². The lowest BCUT2D eigenvalue weighted by Crippen LogP contribution is -2.66. The van der Waals surface area contributed by atoms with Gasteiger partial charge in [-0.05, 0) is 42.3 Å². The molecule has 1 aromatic heterocycles. The first-order chi connectivity index (χ1) is 9.21. The van der Waals surface area contributed by atoms with E-state index in [1.54, 1.807) is 11.3 Å². The van der Waals surface area contributed by atoms with Crippen LogP contribution in [0, 0.1) is 0 Å². The van der Waals surface area contributed by atoms with E-state index in [-0.39, 0.29) is 11.4 Å². The molecule has 104 valence electrons. The number of hydrogen-bond donors (Lipinski definition) is 1. The van der Waals surface area contributed by atoms with Gasteiger partial charge in [-0.15, -0.1) is 0 Å². The minimum Gasteiger partial charge on any atom is -0.353 e. The Morgan fingerprint density at radius 2 is 2.16 bits per heavy atom. The van der Waals surface area contributed by atoms with Gasteiger partial charge in [0.15, 0.2) is 0 Å². The van der Waals surface area contributed by atoms with E-state index >= 15 is 0 Å². The number of carbonyl (C=O) groups is 1. The highest BCUT2D eigenvalue weighted by molar-refractivity contribution is 7.07. The number of nitrogens with zero attached hydrogens (tertiary/aromatic N) is 2. The van der Waals surface area contributed by atoms with Gasteiger partial charge in [-0.2, -0.15) is 11.3 Å². The molecule has 0 saturated carbocycles. The van der Waals surface area contributed by atoms with Crippen molar-refractivity contribution in [2.75, 3.05) is 33.2 Å². The zero-order chi connectivity index (χ0) is 13.3. The molecule has 1 aromatic rings. The number of likely N-dealkylation sites (N-methyl/N-ethyl adjacent to an activating group) is 1. The number of piperidine rings is 1. The molecule has 2 fully saturated rings. The van der Waals surface area contributed by atoms with Crippen molar-refractivity contribution < 1.29 is 4.79 Å². The average Bonchev–Trinajstić information content (AvgIpc) is 2.91. The van der Waals surface area contributed by atoms with Crippen LogP contribution in [0.25, 0.3) is 0 Å². The van der Waals surface area contributed by atoms with E-state index in [1.807, 2.05) is 0 Å². The van der Waals surface area contributed by atoms with Crippen LogP contribution in [0.1, 0.15) is 18.4 Å². The molecule has 2 aliphatic heterocycles. The lowest BCUT2D eigenvalue weighted by atomic mass is 9.83. The van der Waals surface area contributed by atoms with E-state index in [4.69, 9.17) is 0 Å². The standard InChI is InChI=1S/C14H21N3OS/c1-16-8-5-15-13(18)14(16)3-6-17(7-4-14)10-12-2-9-19-11-12/h2,9,11H,3-8,10H2,1H3,(H,15,18). The largest absolute Gasteiger partial charge is 0.353 e. The summed E-state index contributed by atoms with van der Waals surface area (Å²) in [6.07, 6.45) is 1.89. The molecule has 3 heterocycles. The predicted octanol–water partition coefficient (Wildman–Crippen LogP) is 1.14. The zero-order valence-corrected chi connectivity index (χ0v) is 12.2. The van der Waals surface area contributed by atoms with Gasteiger partial charge in [0.25, 0.3) is 0 Å². The highest BCUT2D eigenvalue weighted by Gasteiger charge is 2.46. The first kappa shape index (κ1) is 13.1. The molecule has 2 aliphatic rings. The summed E-state index contributed by atoms with van der Waals surface area (Å²) in [5.41, 5.74) is 1.14. The fourth-order valence-electron chi connectivity index (χ4n) is 3.22. The van der Waals surface area contributed by atoms with E-state index in [0.29, 0.717) is 0 Å². The lowest BCUT2D eigenvalue weighted by molar-refractivity contribution is -0.140. The zero-order valence-electron chi connectivity index (χ0n) is 11.4. The summed E-state index contributed by atoms with van der Waals surface area (Å²) >= 11 is 1.75. The molecule has 0 radical (unpaired) electrons. The number of likely N-dealkylation sites (tertiary alicyclic amines) is 1. The molecule has 0 bridgehead atoms. The molecular weight excluding hydrogens is 258 g/mol. The second kappa shape index (κ2) is 5.23. The number of thiophene rings is 1. The van der Waals surface area contributed by atoms with Gasteiger partial charge in [0, 0.05) is 32.7 Å². The fourth-order valence-corrected chi connectivity index (χ4v) is 3.88. The van der Waals surface area contributed by atoms with Gasteiger partial charge in [0.1, 0.15) is 5.54 Å². The molecule has 2 saturated heterocycles. The van der Waals surface area contributed by atoms with Crippen LogP contribution in [-0.4, -0.2) is 54.5 Å². The summed E-state index contributed by atoms with van der Waals surface area (Å²) in [6, 6.07) is 2.19. The third-order valence-corrected chi connectivity index (χ3v) is 5.29. The normalized spacial score (nSPS) is 24.6. The van der Waals surface area contributed by atoms with Crippen molar-refractivity contribution in [2.24, 2.45) is 0 Å². The quantitative estimate of drug-likeness (QED) is 0.882. The smallest absolute Gasteiger partial charge is 0.240 e. The van der Waals surface area contributed by atoms with E-state index in [9.17, 15) is 4.79 Å². The van der Waals surface area contributed by atoms with Crippen LogP contribution in [0.2, 0.25) is 0 Å². The molecule has 0 unspecified atom stereocenters. The molecular formula is C14H21N3OS. The molecule has 4 nitrogen and oxygen atoms in total. The van der Waals surface area contributed by atoms with Gasteiger partial charge in [-0.3, -0.25) is 14.6 Å². The van der Waals surface area contributed by atoms with Crippen molar-refractivity contribution in [2.45, 2.75) is 24.9 Å². The number of rotatable bonds is 2. The van der Waals surface area contributed by atoms with Crippen molar-refractivity contribution >= 4 is 17.2 Å². The fraction of sp³-hybridized carbons (Fsp3) is 0.643. The summed E-state index contributed by atoms with van der Waals surface area (Å²) in [7, 11) is 2.09. The van der Waals surface area contributed by atoms with Gasteiger partial charge in [0.05, 0.1) is 0 Å². The molecule has 1 N–H and O–H groups in total.